The summed E-state index contributed by atoms with van der Waals surface area (Å²) in [6, 6.07) is 3.91. The third kappa shape index (κ3) is 1.42. The smallest absolute Gasteiger partial charge is 0.205 e. The monoisotopic (exact) mass is 187 g/mol. The predicted octanol–water partition coefficient (Wildman–Crippen LogP) is 0.759. The minimum absolute atomic E-state index is 0.996. The Morgan fingerprint density at radius 3 is 2.67 bits per heavy atom. The molecule has 0 radical (unpaired) electrons. The number of aryl methyl sites for hydroxylation is 1. The Bertz CT molecular complexity index is 222. The van der Waals surface area contributed by atoms with Gasteiger partial charge in [0.05, 0.1) is 4.47 Å². The van der Waals surface area contributed by atoms with Gasteiger partial charge in [0.25, 0.3) is 0 Å². The van der Waals surface area contributed by atoms with Gasteiger partial charge in [-0.15, -0.1) is 0 Å². The van der Waals surface area contributed by atoms with E-state index in [0.717, 1.165) is 10.2 Å². The van der Waals surface area contributed by atoms with Gasteiger partial charge in [-0.25, -0.2) is 5.84 Å². The van der Waals surface area contributed by atoms with Crippen LogP contribution in [0.15, 0.2) is 22.8 Å². The van der Waals surface area contributed by atoms with E-state index < -0.39 is 0 Å². The van der Waals surface area contributed by atoms with Crippen LogP contribution in [0.2, 0.25) is 0 Å². The topological polar surface area (TPSA) is 29.9 Å². The molecule has 48 valence electrons. The van der Waals surface area contributed by atoms with Gasteiger partial charge in [-0.2, -0.15) is 0 Å². The van der Waals surface area contributed by atoms with Gasteiger partial charge in [0.2, 0.25) is 11.9 Å². The van der Waals surface area contributed by atoms with E-state index in [1.807, 2.05) is 25.3 Å². The van der Waals surface area contributed by atoms with Gasteiger partial charge < -0.3 is 0 Å². The van der Waals surface area contributed by atoms with Crippen molar-refractivity contribution < 1.29 is 4.68 Å². The summed E-state index contributed by atoms with van der Waals surface area (Å²) in [5, 5.41) is 0. The highest BCUT2D eigenvalue weighted by Crippen LogP contribution is 2.04. The third-order valence-corrected chi connectivity index (χ3v) is 1.62. The van der Waals surface area contributed by atoms with Crippen molar-refractivity contribution in [2.45, 2.75) is 6.92 Å². The second-order valence-corrected chi connectivity index (χ2v) is 2.81. The molecule has 3 heteroatoms. The molecule has 0 fully saturated rings. The second kappa shape index (κ2) is 2.35. The summed E-state index contributed by atoms with van der Waals surface area (Å²) < 4.78 is 2.57. The van der Waals surface area contributed by atoms with Crippen LogP contribution in [0.1, 0.15) is 5.69 Å². The molecule has 0 amide bonds. The molecule has 1 rings (SSSR count). The minimum atomic E-state index is 0.996. The molecule has 0 aromatic carbocycles. The second-order valence-electron chi connectivity index (χ2n) is 1.90. The lowest BCUT2D eigenvalue weighted by Gasteiger charge is -1.89. The lowest BCUT2D eigenvalue weighted by Crippen LogP contribution is -2.46. The number of halogens is 1. The molecular weight excluding hydrogens is 180 g/mol. The summed E-state index contributed by atoms with van der Waals surface area (Å²) in [7, 11) is 0. The fourth-order valence-electron chi connectivity index (χ4n) is 0.564. The first kappa shape index (κ1) is 6.55. The lowest BCUT2D eigenvalue weighted by atomic mass is 10.4. The maximum Gasteiger partial charge on any atom is 0.213 e. The molecule has 2 N–H and O–H groups in total. The molecule has 0 unspecified atom stereocenters. The van der Waals surface area contributed by atoms with Crippen molar-refractivity contribution in [1.82, 2.24) is 0 Å². The molecule has 0 spiro atoms. The Hall–Kier alpha value is -0.570. The Labute approximate surface area is 62.4 Å². The van der Waals surface area contributed by atoms with E-state index >= 15 is 0 Å². The van der Waals surface area contributed by atoms with E-state index in [1.54, 1.807) is 4.68 Å². The van der Waals surface area contributed by atoms with Gasteiger partial charge in [0.15, 0.2) is 0 Å². The highest BCUT2D eigenvalue weighted by molar-refractivity contribution is 9.10. The quantitative estimate of drug-likeness (QED) is 0.472. The SMILES string of the molecule is Cc1ccc(Br)c[n+]1N. The maximum absolute atomic E-state index is 5.51. The first-order chi connectivity index (χ1) is 4.20. The average molecular weight is 188 g/mol. The van der Waals surface area contributed by atoms with Crippen molar-refractivity contribution in [3.8, 4) is 0 Å². The molecule has 1 aromatic heterocycles. The summed E-state index contributed by atoms with van der Waals surface area (Å²) in [6.45, 7) is 1.95. The van der Waals surface area contributed by atoms with Crippen LogP contribution < -0.4 is 10.5 Å². The largest absolute Gasteiger partial charge is 0.213 e. The van der Waals surface area contributed by atoms with E-state index in [4.69, 9.17) is 5.84 Å². The molecule has 0 aliphatic rings. The molecular formula is C6H8BrN2+. The van der Waals surface area contributed by atoms with Gasteiger partial charge >= 0.3 is 0 Å². The summed E-state index contributed by atoms with van der Waals surface area (Å²) in [4.78, 5) is 0. The molecule has 1 aromatic rings. The number of rotatable bonds is 0. The van der Waals surface area contributed by atoms with Gasteiger partial charge in [0.1, 0.15) is 0 Å². The van der Waals surface area contributed by atoms with Crippen molar-refractivity contribution in [2.75, 3.05) is 5.84 Å². The molecule has 9 heavy (non-hydrogen) atoms. The van der Waals surface area contributed by atoms with Gasteiger partial charge in [0, 0.05) is 13.0 Å². The first-order valence-electron chi connectivity index (χ1n) is 2.63. The van der Waals surface area contributed by atoms with Crippen molar-refractivity contribution >= 4 is 15.9 Å². The molecule has 2 nitrogen and oxygen atoms in total. The van der Waals surface area contributed by atoms with Crippen LogP contribution in [0.4, 0.5) is 0 Å². The van der Waals surface area contributed by atoms with Crippen LogP contribution in [0.3, 0.4) is 0 Å². The van der Waals surface area contributed by atoms with E-state index in [1.165, 1.54) is 0 Å². The number of aromatic nitrogens is 1. The fourth-order valence-corrected chi connectivity index (χ4v) is 0.917. The number of hydrogen-bond acceptors (Lipinski definition) is 1. The van der Waals surface area contributed by atoms with E-state index in [9.17, 15) is 0 Å². The summed E-state index contributed by atoms with van der Waals surface area (Å²) >= 11 is 3.30. The Morgan fingerprint density at radius 1 is 1.56 bits per heavy atom. The van der Waals surface area contributed by atoms with Crippen LogP contribution in [0, 0.1) is 6.92 Å². The lowest BCUT2D eigenvalue weighted by molar-refractivity contribution is -0.646. The van der Waals surface area contributed by atoms with Crippen LogP contribution >= 0.6 is 15.9 Å². The zero-order valence-corrected chi connectivity index (χ0v) is 6.72. The van der Waals surface area contributed by atoms with Crippen LogP contribution in [0.25, 0.3) is 0 Å². The highest BCUT2D eigenvalue weighted by atomic mass is 79.9. The summed E-state index contributed by atoms with van der Waals surface area (Å²) in [5.41, 5.74) is 1.04. The molecule has 0 bridgehead atoms. The zero-order chi connectivity index (χ0) is 6.85. The maximum atomic E-state index is 5.51. The average Bonchev–Trinajstić information content (AvgIpc) is 1.80. The molecule has 1 heterocycles. The highest BCUT2D eigenvalue weighted by Gasteiger charge is 1.99. The zero-order valence-electron chi connectivity index (χ0n) is 5.13. The Balaban J connectivity index is 3.17. The third-order valence-electron chi connectivity index (χ3n) is 1.15. The van der Waals surface area contributed by atoms with Crippen molar-refractivity contribution in [3.63, 3.8) is 0 Å². The van der Waals surface area contributed by atoms with Crippen LogP contribution in [-0.4, -0.2) is 0 Å². The number of hydrogen-bond donors (Lipinski definition) is 1. The number of nitrogen functional groups attached to an aromatic ring is 1. The van der Waals surface area contributed by atoms with Gasteiger partial charge in [-0.1, -0.05) is 4.68 Å². The normalized spacial score (nSPS) is 9.56. The van der Waals surface area contributed by atoms with E-state index in [2.05, 4.69) is 15.9 Å². The van der Waals surface area contributed by atoms with Crippen molar-refractivity contribution in [2.24, 2.45) is 0 Å². The molecule has 0 saturated heterocycles. The van der Waals surface area contributed by atoms with Gasteiger partial charge in [-0.3, -0.25) is 0 Å². The Kier molecular flexibility index (Phi) is 1.71. The number of nitrogens with zero attached hydrogens (tertiary/aromatic N) is 1. The fraction of sp³-hybridized carbons (Fsp3) is 0.167. The molecule has 0 aliphatic heterocycles. The summed E-state index contributed by atoms with van der Waals surface area (Å²) in [6.07, 6.45) is 1.81. The molecule has 0 aliphatic carbocycles. The predicted molar refractivity (Wildman–Crippen MR) is 39.2 cm³/mol. The molecule has 0 atom stereocenters. The first-order valence-corrected chi connectivity index (χ1v) is 3.42. The molecule has 0 saturated carbocycles. The summed E-state index contributed by atoms with van der Waals surface area (Å²) in [5.74, 6) is 5.51. The number of pyridine rings is 1. The van der Waals surface area contributed by atoms with Crippen molar-refractivity contribution in [3.05, 3.63) is 28.5 Å². The van der Waals surface area contributed by atoms with Crippen LogP contribution in [0.5, 0.6) is 0 Å². The Morgan fingerprint density at radius 2 is 2.22 bits per heavy atom. The van der Waals surface area contributed by atoms with E-state index in [-0.39, 0.29) is 0 Å². The number of nitrogens with two attached hydrogens (primary N) is 1. The minimum Gasteiger partial charge on any atom is -0.205 e. The van der Waals surface area contributed by atoms with E-state index in [0.29, 0.717) is 0 Å². The standard InChI is InChI=1S/C6H8BrN2/c1-5-2-3-6(7)4-9(5)8/h2-4H,8H2,1H3/q+1. The van der Waals surface area contributed by atoms with Gasteiger partial charge in [-0.05, 0) is 22.0 Å². The van der Waals surface area contributed by atoms with Crippen LogP contribution in [-0.2, 0) is 0 Å². The van der Waals surface area contributed by atoms with Crippen molar-refractivity contribution in [1.29, 1.82) is 0 Å².